The minimum absolute atomic E-state index is 0.142. The summed E-state index contributed by atoms with van der Waals surface area (Å²) in [5, 5.41) is 12.2. The van der Waals surface area contributed by atoms with Gasteiger partial charge in [0.05, 0.1) is 39.9 Å². The van der Waals surface area contributed by atoms with Gasteiger partial charge in [0.25, 0.3) is 11.5 Å². The number of halogens is 5. The first-order valence-corrected chi connectivity index (χ1v) is 12.1. The van der Waals surface area contributed by atoms with E-state index in [1.165, 1.54) is 13.1 Å². The molecular weight excluding hydrogens is 574 g/mol. The molecule has 196 valence electrons. The molecule has 14 heteroatoms. The fourth-order valence-electron chi connectivity index (χ4n) is 4.25. The Bertz CT molecular complexity index is 1630. The van der Waals surface area contributed by atoms with Crippen molar-refractivity contribution >= 4 is 21.8 Å². The maximum Gasteiger partial charge on any atom is 0.419 e. The van der Waals surface area contributed by atoms with E-state index in [1.807, 2.05) is 0 Å². The van der Waals surface area contributed by atoms with E-state index < -0.39 is 40.6 Å². The number of carbonyl (C=O) groups excluding carboxylic acids is 1. The summed E-state index contributed by atoms with van der Waals surface area (Å²) in [5.74, 6) is -3.77. The van der Waals surface area contributed by atoms with Crippen molar-refractivity contribution in [3.8, 4) is 16.9 Å². The quantitative estimate of drug-likeness (QED) is 0.332. The molecule has 38 heavy (non-hydrogen) atoms. The lowest BCUT2D eigenvalue weighted by atomic mass is 9.90. The molecule has 3 heterocycles. The number of pyridine rings is 1. The highest BCUT2D eigenvalue weighted by Crippen LogP contribution is 2.39. The second-order valence-electron chi connectivity index (χ2n) is 8.81. The van der Waals surface area contributed by atoms with E-state index >= 15 is 0 Å². The number of hydrogen-bond acceptors (Lipinski definition) is 6. The van der Waals surface area contributed by atoms with E-state index in [0.29, 0.717) is 17.3 Å². The molecule has 1 saturated carbocycles. The van der Waals surface area contributed by atoms with Crippen LogP contribution in [0.5, 0.6) is 0 Å². The predicted molar refractivity (Wildman–Crippen MR) is 130 cm³/mol. The number of nitrogens with two attached hydrogens (primary N) is 1. The largest absolute Gasteiger partial charge is 0.419 e. The third-order valence-corrected chi connectivity index (χ3v) is 7.04. The molecule has 0 unspecified atom stereocenters. The highest BCUT2D eigenvalue weighted by molar-refractivity contribution is 9.10. The molecule has 0 spiro atoms. The Morgan fingerprint density at radius 2 is 1.95 bits per heavy atom. The Morgan fingerprint density at radius 1 is 1.21 bits per heavy atom. The van der Waals surface area contributed by atoms with Crippen molar-refractivity contribution < 1.29 is 22.4 Å². The van der Waals surface area contributed by atoms with Crippen LogP contribution in [0.3, 0.4) is 0 Å². The fourth-order valence-corrected chi connectivity index (χ4v) is 4.94. The number of alkyl halides is 3. The van der Waals surface area contributed by atoms with Crippen LogP contribution in [0, 0.1) is 5.82 Å². The first-order valence-electron chi connectivity index (χ1n) is 11.3. The second kappa shape index (κ2) is 9.42. The van der Waals surface area contributed by atoms with Crippen LogP contribution in [-0.4, -0.2) is 35.7 Å². The highest BCUT2D eigenvalue weighted by atomic mass is 79.9. The van der Waals surface area contributed by atoms with Crippen molar-refractivity contribution in [3.63, 3.8) is 0 Å². The van der Waals surface area contributed by atoms with E-state index in [2.05, 4.69) is 36.3 Å². The molecule has 0 radical (unpaired) electrons. The van der Waals surface area contributed by atoms with Crippen LogP contribution in [-0.2, 0) is 6.18 Å². The molecule has 0 saturated heterocycles. The molecule has 2 N–H and O–H groups in total. The summed E-state index contributed by atoms with van der Waals surface area (Å²) in [6, 6.07) is 4.62. The van der Waals surface area contributed by atoms with Gasteiger partial charge in [-0.15, -0.1) is 5.10 Å². The van der Waals surface area contributed by atoms with E-state index in [-0.39, 0.29) is 27.3 Å². The summed E-state index contributed by atoms with van der Waals surface area (Å²) >= 11 is 3.15. The van der Waals surface area contributed by atoms with Crippen molar-refractivity contribution in [3.05, 3.63) is 85.9 Å². The van der Waals surface area contributed by atoms with Gasteiger partial charge >= 0.3 is 6.18 Å². The normalized spacial score (nSPS) is 14.5. The van der Waals surface area contributed by atoms with Gasteiger partial charge in [-0.25, -0.2) is 9.07 Å². The van der Waals surface area contributed by atoms with Gasteiger partial charge in [0.2, 0.25) is 0 Å². The van der Waals surface area contributed by atoms with E-state index in [9.17, 15) is 27.2 Å². The topological polar surface area (TPSA) is 122 Å². The zero-order valence-corrected chi connectivity index (χ0v) is 21.2. The van der Waals surface area contributed by atoms with E-state index in [1.54, 1.807) is 23.1 Å². The molecule has 9 nitrogen and oxygen atoms in total. The van der Waals surface area contributed by atoms with Crippen LogP contribution >= 0.6 is 15.9 Å². The molecule has 1 amide bonds. The molecule has 0 bridgehead atoms. The van der Waals surface area contributed by atoms with E-state index in [4.69, 9.17) is 5.73 Å². The number of carbonyl (C=O) groups is 1. The third kappa shape index (κ3) is 4.48. The Morgan fingerprint density at radius 3 is 2.61 bits per heavy atom. The molecule has 1 aliphatic carbocycles. The summed E-state index contributed by atoms with van der Waals surface area (Å²) in [6.45, 7) is 1.35. The maximum absolute atomic E-state index is 14.9. The van der Waals surface area contributed by atoms with Crippen molar-refractivity contribution in [1.29, 1.82) is 0 Å². The first-order chi connectivity index (χ1) is 18.0. The average Bonchev–Trinajstić information content (AvgIpc) is 3.60. The second-order valence-corrected chi connectivity index (χ2v) is 9.61. The lowest BCUT2D eigenvalue weighted by Crippen LogP contribution is -2.30. The predicted octanol–water partition coefficient (Wildman–Crippen LogP) is 4.39. The first kappa shape index (κ1) is 25.7. The Balaban J connectivity index is 1.63. The Labute approximate surface area is 220 Å². The number of benzene rings is 1. The summed E-state index contributed by atoms with van der Waals surface area (Å²) < 4.78 is 57.2. The van der Waals surface area contributed by atoms with Gasteiger partial charge < -0.3 is 5.73 Å². The zero-order chi connectivity index (χ0) is 27.4. The summed E-state index contributed by atoms with van der Waals surface area (Å²) in [4.78, 5) is 30.0. The lowest BCUT2D eigenvalue weighted by Gasteiger charge is -2.20. The Kier molecular flexibility index (Phi) is 6.37. The van der Waals surface area contributed by atoms with Gasteiger partial charge in [-0.1, -0.05) is 24.3 Å². The molecule has 0 aliphatic heterocycles. The maximum atomic E-state index is 14.9. The summed E-state index contributed by atoms with van der Waals surface area (Å²) in [7, 11) is 0. The number of hydrogen-bond donors (Lipinski definition) is 1. The monoisotopic (exact) mass is 591 g/mol. The minimum Gasteiger partial charge on any atom is -0.364 e. The van der Waals surface area contributed by atoms with Crippen LogP contribution in [0.1, 0.15) is 58.9 Å². The van der Waals surface area contributed by atoms with Gasteiger partial charge in [-0.3, -0.25) is 14.6 Å². The van der Waals surface area contributed by atoms with Crippen molar-refractivity contribution in [2.45, 2.75) is 37.9 Å². The van der Waals surface area contributed by atoms with Crippen LogP contribution in [0.2, 0.25) is 0 Å². The summed E-state index contributed by atoms with van der Waals surface area (Å²) in [6.07, 6.45) is 1.46. The van der Waals surface area contributed by atoms with E-state index in [0.717, 1.165) is 29.7 Å². The van der Waals surface area contributed by atoms with Crippen molar-refractivity contribution in [2.75, 3.05) is 0 Å². The van der Waals surface area contributed by atoms with Gasteiger partial charge in [0.15, 0.2) is 5.69 Å². The zero-order valence-electron chi connectivity index (χ0n) is 19.6. The highest BCUT2D eigenvalue weighted by Gasteiger charge is 2.36. The molecule has 1 atom stereocenters. The standard InChI is InChI=1S/C24H18BrF4N7O2/c1-11(15-3-2-4-16(20(15)26)24(27,28)29)18-19(25)23(38)36(33-21(18)22(30)37)14-7-12(8-31-9-14)17-10-32-34-35(17)13-5-6-13/h2-4,7-11,13H,5-6H2,1H3,(H2,30,37)/t11-/m1/s1. The SMILES string of the molecule is C[C@H](c1cccc(C(F)(F)F)c1F)c1c(C(N)=O)nn(-c2cncc(-c3cnnn3C3CC3)c2)c(=O)c1Br. The van der Waals surface area contributed by atoms with Crippen LogP contribution < -0.4 is 11.3 Å². The molecular formula is C24H18BrF4N7O2. The van der Waals surface area contributed by atoms with Gasteiger partial charge in [-0.2, -0.15) is 23.0 Å². The third-order valence-electron chi connectivity index (χ3n) is 6.27. The number of nitrogens with zero attached hydrogens (tertiary/aromatic N) is 6. The minimum atomic E-state index is -4.94. The van der Waals surface area contributed by atoms with Gasteiger partial charge in [-0.05, 0) is 46.5 Å². The average molecular weight is 592 g/mol. The Hall–Kier alpha value is -3.94. The van der Waals surface area contributed by atoms with Crippen LogP contribution in [0.25, 0.3) is 16.9 Å². The van der Waals surface area contributed by atoms with Gasteiger partial charge in [0, 0.05) is 23.2 Å². The molecule has 1 aromatic carbocycles. The number of aromatic nitrogens is 6. The molecule has 5 rings (SSSR count). The van der Waals surface area contributed by atoms with Crippen molar-refractivity contribution in [1.82, 2.24) is 29.8 Å². The van der Waals surface area contributed by atoms with Crippen LogP contribution in [0.4, 0.5) is 17.6 Å². The van der Waals surface area contributed by atoms with Crippen LogP contribution in [0.15, 0.2) is 52.1 Å². The molecule has 1 fully saturated rings. The number of rotatable bonds is 6. The molecule has 3 aromatic heterocycles. The molecule has 4 aromatic rings. The molecule has 1 aliphatic rings. The smallest absolute Gasteiger partial charge is 0.364 e. The lowest BCUT2D eigenvalue weighted by molar-refractivity contribution is -0.140. The number of primary amides is 1. The van der Waals surface area contributed by atoms with Crippen molar-refractivity contribution in [2.24, 2.45) is 5.73 Å². The summed E-state index contributed by atoms with van der Waals surface area (Å²) in [5.41, 5.74) is 3.84. The number of amides is 1. The fraction of sp³-hybridized carbons (Fsp3) is 0.250. The van der Waals surface area contributed by atoms with Gasteiger partial charge in [0.1, 0.15) is 5.82 Å².